The highest BCUT2D eigenvalue weighted by atomic mass is 32.2. The molecule has 0 spiro atoms. The van der Waals surface area contributed by atoms with Crippen molar-refractivity contribution >= 4 is 33.8 Å². The Morgan fingerprint density at radius 2 is 1.42 bits per heavy atom. The molecule has 1 amide bonds. The van der Waals surface area contributed by atoms with Crippen molar-refractivity contribution in [1.82, 2.24) is 5.32 Å². The standard InChI is InChI=1S/C27H51NO6S2/c1-4-5-6-7-8-9-10-11-12-13-14-15-16-17-18-19-21-34-26(30)23-35-22-20-25(29)28-27(2,3)24-36(31,32)33/h11-12H,4-10,13-24H2,1-3H3,(H,28,29)(H,31,32,33)/b12-11+. The average Bonchev–Trinajstić information content (AvgIpc) is 2.76. The summed E-state index contributed by atoms with van der Waals surface area (Å²) in [5.74, 6) is -0.541. The van der Waals surface area contributed by atoms with Gasteiger partial charge in [0, 0.05) is 12.2 Å². The highest BCUT2D eigenvalue weighted by molar-refractivity contribution is 7.99. The van der Waals surface area contributed by atoms with Crippen LogP contribution in [0.2, 0.25) is 0 Å². The molecule has 7 nitrogen and oxygen atoms in total. The van der Waals surface area contributed by atoms with Crippen molar-refractivity contribution < 1.29 is 27.3 Å². The van der Waals surface area contributed by atoms with Gasteiger partial charge in [-0.25, -0.2) is 0 Å². The molecular weight excluding hydrogens is 498 g/mol. The average molecular weight is 550 g/mol. The van der Waals surface area contributed by atoms with Gasteiger partial charge in [-0.1, -0.05) is 76.9 Å². The summed E-state index contributed by atoms with van der Waals surface area (Å²) in [5.41, 5.74) is -1.06. The second kappa shape index (κ2) is 22.0. The summed E-state index contributed by atoms with van der Waals surface area (Å²) in [7, 11) is -4.17. The topological polar surface area (TPSA) is 110 Å². The van der Waals surface area contributed by atoms with Gasteiger partial charge in [-0.05, 0) is 46.0 Å². The second-order valence-electron chi connectivity index (χ2n) is 10.1. The first-order chi connectivity index (χ1) is 17.1. The summed E-state index contributed by atoms with van der Waals surface area (Å²) < 4.78 is 36.1. The van der Waals surface area contributed by atoms with E-state index in [-0.39, 0.29) is 24.1 Å². The molecule has 2 N–H and O–H groups in total. The van der Waals surface area contributed by atoms with Gasteiger partial charge in [0.05, 0.1) is 23.7 Å². The molecule has 0 aliphatic heterocycles. The Morgan fingerprint density at radius 3 is 1.97 bits per heavy atom. The number of carbonyl (C=O) groups excluding carboxylic acids is 2. The van der Waals surface area contributed by atoms with Crippen molar-refractivity contribution in [3.8, 4) is 0 Å². The van der Waals surface area contributed by atoms with E-state index in [2.05, 4.69) is 24.4 Å². The lowest BCUT2D eigenvalue weighted by molar-refractivity contribution is -0.140. The zero-order valence-electron chi connectivity index (χ0n) is 22.9. The van der Waals surface area contributed by atoms with E-state index in [0.29, 0.717) is 12.4 Å². The lowest BCUT2D eigenvalue weighted by atomic mass is 10.1. The molecule has 212 valence electrons. The van der Waals surface area contributed by atoms with E-state index in [0.717, 1.165) is 19.3 Å². The highest BCUT2D eigenvalue weighted by Gasteiger charge is 2.26. The van der Waals surface area contributed by atoms with Crippen LogP contribution in [0.3, 0.4) is 0 Å². The number of esters is 1. The van der Waals surface area contributed by atoms with Gasteiger partial charge in [0.1, 0.15) is 0 Å². The van der Waals surface area contributed by atoms with Crippen LogP contribution in [0.1, 0.15) is 117 Å². The summed E-state index contributed by atoms with van der Waals surface area (Å²) in [6.45, 7) is 5.74. The molecule has 0 radical (unpaired) electrons. The zero-order valence-corrected chi connectivity index (χ0v) is 24.5. The van der Waals surface area contributed by atoms with Crippen LogP contribution >= 0.6 is 11.8 Å². The van der Waals surface area contributed by atoms with Gasteiger partial charge in [0.15, 0.2) is 0 Å². The Morgan fingerprint density at radius 1 is 0.889 bits per heavy atom. The van der Waals surface area contributed by atoms with Crippen molar-refractivity contribution in [3.05, 3.63) is 12.2 Å². The monoisotopic (exact) mass is 549 g/mol. The summed E-state index contributed by atoms with van der Waals surface area (Å²) in [4.78, 5) is 23.7. The van der Waals surface area contributed by atoms with Gasteiger partial charge in [0.2, 0.25) is 5.91 Å². The highest BCUT2D eigenvalue weighted by Crippen LogP contribution is 2.11. The number of rotatable bonds is 24. The Balaban J connectivity index is 3.50. The number of hydrogen-bond acceptors (Lipinski definition) is 6. The lowest BCUT2D eigenvalue weighted by Gasteiger charge is -2.24. The fourth-order valence-electron chi connectivity index (χ4n) is 3.83. The SMILES string of the molecule is CCCCCCCC/C=C/CCCCCCCCOC(=O)CSCCC(=O)NC(C)(C)CS(=O)(=O)O. The van der Waals surface area contributed by atoms with E-state index in [9.17, 15) is 18.0 Å². The fourth-order valence-corrected chi connectivity index (χ4v) is 5.54. The van der Waals surface area contributed by atoms with E-state index in [1.807, 2.05) is 0 Å². The number of nitrogens with one attached hydrogen (secondary N) is 1. The number of ether oxygens (including phenoxy) is 1. The largest absolute Gasteiger partial charge is 0.465 e. The summed E-state index contributed by atoms with van der Waals surface area (Å²) in [5, 5.41) is 2.58. The van der Waals surface area contributed by atoms with E-state index in [1.165, 1.54) is 96.2 Å². The molecule has 0 saturated carbocycles. The van der Waals surface area contributed by atoms with Crippen molar-refractivity contribution in [1.29, 1.82) is 0 Å². The van der Waals surface area contributed by atoms with E-state index in [1.54, 1.807) is 0 Å². The first-order valence-electron chi connectivity index (χ1n) is 13.7. The molecule has 0 saturated heterocycles. The maximum Gasteiger partial charge on any atom is 0.315 e. The van der Waals surface area contributed by atoms with Crippen LogP contribution < -0.4 is 5.32 Å². The van der Waals surface area contributed by atoms with Crippen LogP contribution in [0.15, 0.2) is 12.2 Å². The smallest absolute Gasteiger partial charge is 0.315 e. The number of thioether (sulfide) groups is 1. The van der Waals surface area contributed by atoms with E-state index < -0.39 is 21.4 Å². The predicted octanol–water partition coefficient (Wildman–Crippen LogP) is 6.47. The van der Waals surface area contributed by atoms with Gasteiger partial charge in [-0.3, -0.25) is 14.1 Å². The van der Waals surface area contributed by atoms with Gasteiger partial charge in [0.25, 0.3) is 10.1 Å². The number of carbonyl (C=O) groups is 2. The predicted molar refractivity (Wildman–Crippen MR) is 151 cm³/mol. The molecule has 0 aromatic rings. The fraction of sp³-hybridized carbons (Fsp3) is 0.852. The van der Waals surface area contributed by atoms with Crippen molar-refractivity contribution in [2.75, 3.05) is 23.9 Å². The van der Waals surface area contributed by atoms with E-state index in [4.69, 9.17) is 9.29 Å². The maximum atomic E-state index is 11.9. The number of unbranched alkanes of at least 4 members (excludes halogenated alkanes) is 12. The molecule has 0 atom stereocenters. The van der Waals surface area contributed by atoms with Gasteiger partial charge < -0.3 is 10.1 Å². The Labute approximate surface area is 224 Å². The molecule has 9 heteroatoms. The normalized spacial score (nSPS) is 12.2. The third kappa shape index (κ3) is 26.0. The van der Waals surface area contributed by atoms with Crippen LogP contribution in [-0.4, -0.2) is 54.3 Å². The quantitative estimate of drug-likeness (QED) is 0.0614. The molecule has 36 heavy (non-hydrogen) atoms. The van der Waals surface area contributed by atoms with E-state index >= 15 is 0 Å². The molecular formula is C27H51NO6S2. The summed E-state index contributed by atoms with van der Waals surface area (Å²) >= 11 is 1.31. The van der Waals surface area contributed by atoms with Gasteiger partial charge in [-0.2, -0.15) is 8.42 Å². The van der Waals surface area contributed by atoms with Gasteiger partial charge >= 0.3 is 5.97 Å². The molecule has 0 fully saturated rings. The van der Waals surface area contributed by atoms with Gasteiger partial charge in [-0.15, -0.1) is 11.8 Å². The molecule has 0 unspecified atom stereocenters. The Kier molecular flexibility index (Phi) is 21.3. The minimum atomic E-state index is -4.17. The lowest BCUT2D eigenvalue weighted by Crippen LogP contribution is -2.48. The number of allylic oxidation sites excluding steroid dienone is 2. The minimum absolute atomic E-state index is 0.155. The van der Waals surface area contributed by atoms with Crippen molar-refractivity contribution in [3.63, 3.8) is 0 Å². The Bertz CT molecular complexity index is 707. The van der Waals surface area contributed by atoms with Crippen LogP contribution in [0.5, 0.6) is 0 Å². The summed E-state index contributed by atoms with van der Waals surface area (Å²) in [6, 6.07) is 0. The first-order valence-corrected chi connectivity index (χ1v) is 16.5. The molecule has 0 rings (SSSR count). The molecule has 0 aliphatic rings. The van der Waals surface area contributed by atoms with Crippen molar-refractivity contribution in [2.24, 2.45) is 0 Å². The minimum Gasteiger partial charge on any atom is -0.465 e. The van der Waals surface area contributed by atoms with Crippen LogP contribution in [0, 0.1) is 0 Å². The van der Waals surface area contributed by atoms with Crippen LogP contribution in [-0.2, 0) is 24.4 Å². The van der Waals surface area contributed by atoms with Crippen molar-refractivity contribution in [2.45, 2.75) is 123 Å². The molecule has 0 aromatic carbocycles. The third-order valence-corrected chi connectivity index (χ3v) is 7.65. The number of amides is 1. The molecule has 0 aromatic heterocycles. The first kappa shape index (κ1) is 34.9. The van der Waals surface area contributed by atoms with Crippen LogP contribution in [0.25, 0.3) is 0 Å². The molecule has 0 aliphatic carbocycles. The van der Waals surface area contributed by atoms with Crippen LogP contribution in [0.4, 0.5) is 0 Å². The number of hydrogen-bond donors (Lipinski definition) is 2. The maximum absolute atomic E-state index is 11.9. The molecule has 0 bridgehead atoms. The molecule has 0 heterocycles. The Hall–Kier alpha value is -1.06. The summed E-state index contributed by atoms with van der Waals surface area (Å²) in [6.07, 6.45) is 22.2. The second-order valence-corrected chi connectivity index (χ2v) is 12.7. The third-order valence-electron chi connectivity index (χ3n) is 5.63. The zero-order chi connectivity index (χ0) is 27.1.